The van der Waals surface area contributed by atoms with Gasteiger partial charge < -0.3 is 15.1 Å². The maximum absolute atomic E-state index is 13.5. The first-order valence-electron chi connectivity index (χ1n) is 13.2. The summed E-state index contributed by atoms with van der Waals surface area (Å²) in [6.07, 6.45) is 9.65. The number of hydrogen-bond acceptors (Lipinski definition) is 3. The number of allylic oxidation sites excluding steroid dienone is 1. The Labute approximate surface area is 221 Å². The van der Waals surface area contributed by atoms with E-state index < -0.39 is 0 Å². The average Bonchev–Trinajstić information content (AvgIpc) is 3.66. The lowest BCUT2D eigenvalue weighted by atomic mass is 9.68. The third-order valence-electron chi connectivity index (χ3n) is 8.25. The molecule has 2 aromatic carbocycles. The summed E-state index contributed by atoms with van der Waals surface area (Å²) >= 11 is 0. The number of nitrogens with zero attached hydrogens (tertiary/aromatic N) is 2. The topological polar surface area (TPSA) is 72.1 Å². The van der Waals surface area contributed by atoms with Gasteiger partial charge in [-0.2, -0.15) is 5.10 Å². The number of carbonyl (C=O) groups is 1. The number of hydrogen-bond donors (Lipinski definition) is 2. The van der Waals surface area contributed by atoms with Crippen LogP contribution in [0.5, 0.6) is 0 Å². The summed E-state index contributed by atoms with van der Waals surface area (Å²) in [5.74, 6) is 0.857. The van der Waals surface area contributed by atoms with Crippen LogP contribution in [-0.4, -0.2) is 15.8 Å². The van der Waals surface area contributed by atoms with Crippen LogP contribution >= 0.6 is 0 Å². The first-order valence-corrected chi connectivity index (χ1v) is 13.2. The van der Waals surface area contributed by atoms with Gasteiger partial charge in [-0.3, -0.25) is 0 Å². The van der Waals surface area contributed by atoms with Crippen molar-refractivity contribution in [2.75, 3.05) is 0 Å². The molecule has 3 atom stereocenters. The number of nitrogens with one attached hydrogen (secondary N) is 2. The van der Waals surface area contributed by atoms with E-state index in [1.165, 1.54) is 23.3 Å². The van der Waals surface area contributed by atoms with Crippen molar-refractivity contribution in [1.82, 2.24) is 20.4 Å². The van der Waals surface area contributed by atoms with Gasteiger partial charge in [0.15, 0.2) is 0 Å². The van der Waals surface area contributed by atoms with Crippen molar-refractivity contribution in [1.29, 1.82) is 0 Å². The maximum Gasteiger partial charge on any atom is 0.315 e. The Bertz CT molecular complexity index is 1440. The molecule has 6 nitrogen and oxygen atoms in total. The lowest BCUT2D eigenvalue weighted by molar-refractivity contribution is 0.215. The molecule has 3 unspecified atom stereocenters. The van der Waals surface area contributed by atoms with E-state index in [1.807, 2.05) is 41.2 Å². The Balaban J connectivity index is 1.22. The van der Waals surface area contributed by atoms with Crippen LogP contribution in [0.1, 0.15) is 54.8 Å². The molecule has 2 aliphatic carbocycles. The Hall–Kier alpha value is -4.13. The Kier molecular flexibility index (Phi) is 6.35. The second-order valence-corrected chi connectivity index (χ2v) is 10.5. The highest BCUT2D eigenvalue weighted by Crippen LogP contribution is 2.55. The molecule has 6 rings (SSSR count). The van der Waals surface area contributed by atoms with Crippen LogP contribution in [0, 0.1) is 17.2 Å². The molecule has 2 aromatic heterocycles. The van der Waals surface area contributed by atoms with Gasteiger partial charge in [-0.15, -0.1) is 0 Å². The number of aromatic nitrogens is 2. The van der Waals surface area contributed by atoms with Crippen LogP contribution in [0.3, 0.4) is 0 Å². The Morgan fingerprint density at radius 2 is 1.97 bits per heavy atom. The summed E-state index contributed by atoms with van der Waals surface area (Å²) < 4.78 is 20.7. The molecule has 0 saturated heterocycles. The summed E-state index contributed by atoms with van der Waals surface area (Å²) in [4.78, 5) is 12.9. The highest BCUT2D eigenvalue weighted by molar-refractivity contribution is 5.74. The lowest BCUT2D eigenvalue weighted by Gasteiger charge is -2.37. The summed E-state index contributed by atoms with van der Waals surface area (Å²) in [5, 5.41) is 10.8. The van der Waals surface area contributed by atoms with E-state index in [4.69, 9.17) is 4.42 Å². The van der Waals surface area contributed by atoms with E-state index in [0.717, 1.165) is 42.6 Å². The first-order chi connectivity index (χ1) is 18.5. The maximum atomic E-state index is 13.5. The molecular weight excluding hydrogens is 479 g/mol. The van der Waals surface area contributed by atoms with Gasteiger partial charge in [0.2, 0.25) is 0 Å². The molecule has 0 aliphatic heterocycles. The smallest absolute Gasteiger partial charge is 0.315 e. The van der Waals surface area contributed by atoms with Crippen LogP contribution in [-0.2, 0) is 13.0 Å². The number of urea groups is 1. The summed E-state index contributed by atoms with van der Waals surface area (Å²) in [6, 6.07) is 20.0. The second-order valence-electron chi connectivity index (χ2n) is 10.5. The minimum atomic E-state index is -0.254. The first kappa shape index (κ1) is 24.2. The van der Waals surface area contributed by atoms with Crippen LogP contribution in [0.4, 0.5) is 9.18 Å². The number of fused-ring (bicyclic) bond motifs is 2. The molecule has 1 saturated carbocycles. The minimum absolute atomic E-state index is 0.0109. The molecule has 0 bridgehead atoms. The third-order valence-corrected chi connectivity index (χ3v) is 8.25. The number of amides is 2. The van der Waals surface area contributed by atoms with Gasteiger partial charge in [0.05, 0.1) is 36.4 Å². The van der Waals surface area contributed by atoms with Gasteiger partial charge >= 0.3 is 6.03 Å². The number of furan rings is 1. The normalized spacial score (nSPS) is 20.8. The van der Waals surface area contributed by atoms with Crippen molar-refractivity contribution in [3.63, 3.8) is 0 Å². The van der Waals surface area contributed by atoms with E-state index in [0.29, 0.717) is 18.2 Å². The summed E-state index contributed by atoms with van der Waals surface area (Å²) in [5.41, 5.74) is 5.66. The van der Waals surface area contributed by atoms with Crippen LogP contribution in [0.25, 0.3) is 11.8 Å². The number of halogens is 1. The average molecular weight is 511 g/mol. The Morgan fingerprint density at radius 1 is 1.16 bits per heavy atom. The predicted octanol–water partition coefficient (Wildman–Crippen LogP) is 6.59. The highest BCUT2D eigenvalue weighted by atomic mass is 19.1. The Morgan fingerprint density at radius 3 is 2.74 bits per heavy atom. The van der Waals surface area contributed by atoms with Crippen molar-refractivity contribution >= 4 is 12.1 Å². The van der Waals surface area contributed by atoms with Crippen molar-refractivity contribution in [3.05, 3.63) is 113 Å². The number of rotatable bonds is 7. The third kappa shape index (κ3) is 4.64. The van der Waals surface area contributed by atoms with E-state index >= 15 is 0 Å². The molecule has 7 heteroatoms. The van der Waals surface area contributed by atoms with Gasteiger partial charge in [-0.1, -0.05) is 42.8 Å². The number of carbonyl (C=O) groups excluding carboxylic acids is 1. The quantitative estimate of drug-likeness (QED) is 0.295. The zero-order valence-electron chi connectivity index (χ0n) is 21.4. The molecular formula is C31H31FN4O2. The SMILES string of the molecule is CC12Cc3cnn(-c4ccc(F)cc4)c3C=C1CCC2CC(NC(=O)NCc1ccco1)c1ccccc1. The van der Waals surface area contributed by atoms with Crippen molar-refractivity contribution in [2.45, 2.75) is 45.2 Å². The van der Waals surface area contributed by atoms with Crippen LogP contribution in [0.2, 0.25) is 0 Å². The molecule has 194 valence electrons. The molecule has 38 heavy (non-hydrogen) atoms. The summed E-state index contributed by atoms with van der Waals surface area (Å²) in [7, 11) is 0. The van der Waals surface area contributed by atoms with Crippen molar-refractivity contribution in [2.24, 2.45) is 11.3 Å². The van der Waals surface area contributed by atoms with Gasteiger partial charge in [-0.25, -0.2) is 13.9 Å². The highest BCUT2D eigenvalue weighted by Gasteiger charge is 2.46. The fraction of sp³-hybridized carbons (Fsp3) is 0.290. The van der Waals surface area contributed by atoms with Crippen molar-refractivity contribution < 1.29 is 13.6 Å². The fourth-order valence-electron chi connectivity index (χ4n) is 6.14. The van der Waals surface area contributed by atoms with E-state index in [2.05, 4.69) is 40.9 Å². The zero-order valence-corrected chi connectivity index (χ0v) is 21.4. The molecule has 0 radical (unpaired) electrons. The molecule has 0 spiro atoms. The van der Waals surface area contributed by atoms with Gasteiger partial charge in [0, 0.05) is 0 Å². The fourth-order valence-corrected chi connectivity index (χ4v) is 6.14. The van der Waals surface area contributed by atoms with Crippen LogP contribution < -0.4 is 10.6 Å². The lowest BCUT2D eigenvalue weighted by Crippen LogP contribution is -2.39. The number of benzene rings is 2. The van der Waals surface area contributed by atoms with Crippen molar-refractivity contribution in [3.8, 4) is 5.69 Å². The molecule has 2 aliphatic rings. The van der Waals surface area contributed by atoms with E-state index in [9.17, 15) is 9.18 Å². The molecule has 2 N–H and O–H groups in total. The predicted molar refractivity (Wildman–Crippen MR) is 144 cm³/mol. The van der Waals surface area contributed by atoms with E-state index in [1.54, 1.807) is 18.4 Å². The standard InChI is InChI=1S/C31H31FN4O2/c1-31-18-22-19-34-36(26-13-11-25(32)12-14-26)29(22)17-24(31)10-9-23(31)16-28(21-6-3-2-4-7-21)35-30(37)33-20-27-8-5-15-38-27/h2-8,11-15,17,19,23,28H,9-10,16,18,20H2,1H3,(H2,33,35,37). The zero-order chi connectivity index (χ0) is 26.1. The van der Waals surface area contributed by atoms with Gasteiger partial charge in [0.25, 0.3) is 0 Å². The van der Waals surface area contributed by atoms with Gasteiger partial charge in [-0.05, 0) is 90.6 Å². The molecule has 2 heterocycles. The van der Waals surface area contributed by atoms with E-state index in [-0.39, 0.29) is 23.3 Å². The molecule has 1 fully saturated rings. The molecule has 4 aromatic rings. The van der Waals surface area contributed by atoms with Gasteiger partial charge in [0.1, 0.15) is 11.6 Å². The monoisotopic (exact) mass is 510 g/mol. The summed E-state index contributed by atoms with van der Waals surface area (Å²) in [6.45, 7) is 2.70. The molecule has 2 amide bonds. The minimum Gasteiger partial charge on any atom is -0.467 e. The second kappa shape index (κ2) is 9.97. The van der Waals surface area contributed by atoms with Crippen LogP contribution in [0.15, 0.2) is 89.2 Å². The largest absolute Gasteiger partial charge is 0.467 e.